The second-order valence-electron chi connectivity index (χ2n) is 6.73. The smallest absolute Gasteiger partial charge is 0.343 e. The molecule has 1 amide bonds. The molecule has 0 aliphatic rings. The van der Waals surface area contributed by atoms with Crippen molar-refractivity contribution < 1.29 is 24.2 Å². The predicted molar refractivity (Wildman–Crippen MR) is 113 cm³/mol. The van der Waals surface area contributed by atoms with Crippen LogP contribution in [0, 0.1) is 0 Å². The zero-order chi connectivity index (χ0) is 21.5. The molecule has 0 spiro atoms. The van der Waals surface area contributed by atoms with Crippen LogP contribution in [0.4, 0.5) is 0 Å². The molecule has 1 atom stereocenters. The summed E-state index contributed by atoms with van der Waals surface area (Å²) < 4.78 is 10.8. The van der Waals surface area contributed by atoms with Crippen LogP contribution in [0.1, 0.15) is 44.7 Å². The number of carbonyl (C=O) groups is 2. The lowest BCUT2D eigenvalue weighted by Gasteiger charge is -2.17. The van der Waals surface area contributed by atoms with Crippen molar-refractivity contribution in [1.82, 2.24) is 0 Å². The van der Waals surface area contributed by atoms with Gasteiger partial charge < -0.3 is 20.3 Å². The third kappa shape index (κ3) is 5.04. The van der Waals surface area contributed by atoms with Crippen molar-refractivity contribution >= 4 is 11.9 Å². The number of nitrogens with two attached hydrogens (primary N) is 1. The maximum atomic E-state index is 12.5. The molecule has 0 saturated heterocycles. The van der Waals surface area contributed by atoms with E-state index in [0.29, 0.717) is 28.2 Å². The molecule has 3 rings (SSSR count). The largest absolute Gasteiger partial charge is 0.491 e. The lowest BCUT2D eigenvalue weighted by atomic mass is 9.89. The highest BCUT2D eigenvalue weighted by molar-refractivity contribution is 5.95. The van der Waals surface area contributed by atoms with Gasteiger partial charge in [-0.05, 0) is 53.6 Å². The summed E-state index contributed by atoms with van der Waals surface area (Å²) in [4.78, 5) is 24.4. The second kappa shape index (κ2) is 9.71. The molecule has 0 aliphatic carbocycles. The van der Waals surface area contributed by atoms with E-state index in [-0.39, 0.29) is 19.1 Å². The molecule has 3 aromatic carbocycles. The van der Waals surface area contributed by atoms with Gasteiger partial charge >= 0.3 is 5.97 Å². The third-order valence-corrected chi connectivity index (χ3v) is 4.72. The number of esters is 1. The van der Waals surface area contributed by atoms with Crippen LogP contribution in [-0.4, -0.2) is 30.2 Å². The minimum atomic E-state index is -0.538. The Bertz CT molecular complexity index is 1020. The molecule has 0 fully saturated rings. The average molecular weight is 405 g/mol. The first-order chi connectivity index (χ1) is 14.5. The van der Waals surface area contributed by atoms with Crippen molar-refractivity contribution in [2.24, 2.45) is 5.73 Å². The fourth-order valence-corrected chi connectivity index (χ4v) is 3.12. The molecule has 6 nitrogen and oxygen atoms in total. The molecule has 0 aliphatic heterocycles. The third-order valence-electron chi connectivity index (χ3n) is 4.72. The Morgan fingerprint density at radius 3 is 2.27 bits per heavy atom. The van der Waals surface area contributed by atoms with Gasteiger partial charge in [-0.1, -0.05) is 37.3 Å². The first-order valence-corrected chi connectivity index (χ1v) is 9.54. The van der Waals surface area contributed by atoms with Crippen molar-refractivity contribution in [2.45, 2.75) is 12.8 Å². The molecule has 0 aromatic heterocycles. The summed E-state index contributed by atoms with van der Waals surface area (Å²) in [6.07, 6.45) is 0. The summed E-state index contributed by atoms with van der Waals surface area (Å²) >= 11 is 0. The highest BCUT2D eigenvalue weighted by atomic mass is 16.5. The van der Waals surface area contributed by atoms with Gasteiger partial charge in [0, 0.05) is 11.5 Å². The monoisotopic (exact) mass is 405 g/mol. The van der Waals surface area contributed by atoms with E-state index in [9.17, 15) is 9.59 Å². The summed E-state index contributed by atoms with van der Waals surface area (Å²) in [6, 6.07) is 20.9. The quantitative estimate of drug-likeness (QED) is 0.441. The number of hydrogen-bond acceptors (Lipinski definition) is 5. The molecular formula is C24H23NO5. The van der Waals surface area contributed by atoms with Crippen molar-refractivity contribution in [3.05, 3.63) is 95.1 Å². The second-order valence-corrected chi connectivity index (χ2v) is 6.73. The Labute approximate surface area is 174 Å². The number of aliphatic hydroxyl groups is 1. The highest BCUT2D eigenvalue weighted by Crippen LogP contribution is 2.30. The van der Waals surface area contributed by atoms with Crippen molar-refractivity contribution in [3.63, 3.8) is 0 Å². The van der Waals surface area contributed by atoms with E-state index in [2.05, 4.69) is 0 Å². The van der Waals surface area contributed by atoms with Crippen LogP contribution in [-0.2, 0) is 0 Å². The van der Waals surface area contributed by atoms with E-state index in [1.807, 2.05) is 37.3 Å². The molecule has 0 heterocycles. The summed E-state index contributed by atoms with van der Waals surface area (Å²) in [5, 5.41) is 8.79. The van der Waals surface area contributed by atoms with E-state index in [0.717, 1.165) is 5.56 Å². The van der Waals surface area contributed by atoms with Crippen molar-refractivity contribution in [1.29, 1.82) is 0 Å². The van der Waals surface area contributed by atoms with Gasteiger partial charge in [-0.3, -0.25) is 4.79 Å². The van der Waals surface area contributed by atoms with E-state index < -0.39 is 11.9 Å². The number of carbonyl (C=O) groups excluding carboxylic acids is 2. The van der Waals surface area contributed by atoms with Gasteiger partial charge in [0.05, 0.1) is 12.2 Å². The van der Waals surface area contributed by atoms with Gasteiger partial charge in [0.1, 0.15) is 18.1 Å². The van der Waals surface area contributed by atoms with Gasteiger partial charge in [0.15, 0.2) is 0 Å². The first-order valence-electron chi connectivity index (χ1n) is 9.54. The number of amides is 1. The molecule has 0 radical (unpaired) electrons. The number of benzene rings is 3. The topological polar surface area (TPSA) is 98.8 Å². The summed E-state index contributed by atoms with van der Waals surface area (Å²) in [7, 11) is 0. The molecule has 154 valence electrons. The Balaban J connectivity index is 1.82. The lowest BCUT2D eigenvalue weighted by Crippen LogP contribution is -2.16. The molecule has 0 saturated carbocycles. The molecule has 3 N–H and O–H groups in total. The standard InChI is InChI=1S/C24H23NO5/c1-16(17-5-3-2-4-6-17)22-15-20(11-12-21(22)23(25)27)30-24(28)18-7-9-19(10-8-18)29-14-13-26/h2-12,15-16,26H,13-14H2,1H3,(H2,25,27)/t16-/m0/s1. The van der Waals surface area contributed by atoms with Crippen LogP contribution in [0.2, 0.25) is 0 Å². The zero-order valence-electron chi connectivity index (χ0n) is 16.6. The number of ether oxygens (including phenoxy) is 2. The number of aliphatic hydroxyl groups excluding tert-OH is 1. The average Bonchev–Trinajstić information content (AvgIpc) is 2.77. The Morgan fingerprint density at radius 1 is 0.967 bits per heavy atom. The first kappa shape index (κ1) is 21.1. The van der Waals surface area contributed by atoms with Gasteiger partial charge in [0.2, 0.25) is 5.91 Å². The van der Waals surface area contributed by atoms with E-state index >= 15 is 0 Å². The number of primary amides is 1. The van der Waals surface area contributed by atoms with Crippen LogP contribution in [0.25, 0.3) is 0 Å². The van der Waals surface area contributed by atoms with Crippen molar-refractivity contribution in [2.75, 3.05) is 13.2 Å². The predicted octanol–water partition coefficient (Wildman–Crippen LogP) is 3.53. The van der Waals surface area contributed by atoms with Gasteiger partial charge in [-0.2, -0.15) is 0 Å². The van der Waals surface area contributed by atoms with Crippen LogP contribution in [0.3, 0.4) is 0 Å². The van der Waals surface area contributed by atoms with Gasteiger partial charge in [-0.15, -0.1) is 0 Å². The lowest BCUT2D eigenvalue weighted by molar-refractivity contribution is 0.0734. The van der Waals surface area contributed by atoms with Crippen LogP contribution in [0.5, 0.6) is 11.5 Å². The summed E-state index contributed by atoms with van der Waals surface area (Å²) in [6.45, 7) is 2.06. The molecule has 0 bridgehead atoms. The summed E-state index contributed by atoms with van der Waals surface area (Å²) in [5.41, 5.74) is 7.99. The van der Waals surface area contributed by atoms with Crippen molar-refractivity contribution in [3.8, 4) is 11.5 Å². The van der Waals surface area contributed by atoms with E-state index in [1.165, 1.54) is 0 Å². The SMILES string of the molecule is C[C@@H](c1ccccc1)c1cc(OC(=O)c2ccc(OCCO)cc2)ccc1C(N)=O. The Kier molecular flexibility index (Phi) is 6.83. The van der Waals surface area contributed by atoms with E-state index in [4.69, 9.17) is 20.3 Å². The van der Waals surface area contributed by atoms with Crippen LogP contribution in [0.15, 0.2) is 72.8 Å². The van der Waals surface area contributed by atoms with Gasteiger partial charge in [0.25, 0.3) is 0 Å². The van der Waals surface area contributed by atoms with Gasteiger partial charge in [-0.25, -0.2) is 4.79 Å². The van der Waals surface area contributed by atoms with E-state index in [1.54, 1.807) is 42.5 Å². The van der Waals surface area contributed by atoms with Crippen LogP contribution >= 0.6 is 0 Å². The van der Waals surface area contributed by atoms with Crippen LogP contribution < -0.4 is 15.2 Å². The molecule has 3 aromatic rings. The maximum Gasteiger partial charge on any atom is 0.343 e. The molecule has 0 unspecified atom stereocenters. The fourth-order valence-electron chi connectivity index (χ4n) is 3.12. The highest BCUT2D eigenvalue weighted by Gasteiger charge is 2.18. The number of hydrogen-bond donors (Lipinski definition) is 2. The zero-order valence-corrected chi connectivity index (χ0v) is 16.6. The fraction of sp³-hybridized carbons (Fsp3) is 0.167. The normalized spacial score (nSPS) is 11.5. The summed E-state index contributed by atoms with van der Waals surface area (Å²) in [5.74, 6) is -0.318. The maximum absolute atomic E-state index is 12.5. The Morgan fingerprint density at radius 2 is 1.63 bits per heavy atom. The number of rotatable bonds is 8. The molecule has 6 heteroatoms. The minimum absolute atomic E-state index is 0.0885. The Hall–Kier alpha value is -3.64. The molecule has 30 heavy (non-hydrogen) atoms. The molecular weight excluding hydrogens is 382 g/mol. The minimum Gasteiger partial charge on any atom is -0.491 e.